The van der Waals surface area contributed by atoms with Gasteiger partial charge in [-0.1, -0.05) is 23.2 Å². The molecule has 0 saturated heterocycles. The Hall–Kier alpha value is 0.340. The number of pyridine rings is 2. The fourth-order valence-corrected chi connectivity index (χ4v) is 2.39. The monoisotopic (exact) mass is 478 g/mol. The van der Waals surface area contributed by atoms with Crippen LogP contribution in [-0.4, -0.2) is 9.97 Å². The topological polar surface area (TPSA) is 25.8 Å². The summed E-state index contributed by atoms with van der Waals surface area (Å²) < 4.78 is 2.23. The zero-order chi connectivity index (χ0) is 12.0. The van der Waals surface area contributed by atoms with Crippen LogP contribution < -0.4 is 0 Å². The third-order valence-corrected chi connectivity index (χ3v) is 3.13. The Balaban J connectivity index is 0.000000160. The van der Waals surface area contributed by atoms with E-state index in [9.17, 15) is 0 Å². The molecular formula is C10H6Cl2I2N2. The molecule has 6 heteroatoms. The Morgan fingerprint density at radius 1 is 0.812 bits per heavy atom. The molecule has 0 saturated carbocycles. The van der Waals surface area contributed by atoms with Gasteiger partial charge in [-0.05, 0) is 69.4 Å². The Kier molecular flexibility index (Phi) is 6.86. The predicted molar refractivity (Wildman–Crippen MR) is 83.9 cm³/mol. The molecule has 2 aromatic rings. The lowest BCUT2D eigenvalue weighted by Gasteiger charge is -1.86. The van der Waals surface area contributed by atoms with Crippen molar-refractivity contribution in [2.45, 2.75) is 0 Å². The average Bonchev–Trinajstić information content (AvgIpc) is 2.17. The van der Waals surface area contributed by atoms with Crippen molar-refractivity contribution in [3.8, 4) is 0 Å². The molecule has 0 bridgehead atoms. The molecule has 2 heterocycles. The molecule has 0 aliphatic heterocycles. The van der Waals surface area contributed by atoms with Crippen molar-refractivity contribution in [2.75, 3.05) is 0 Å². The molecule has 0 amide bonds. The average molecular weight is 479 g/mol. The SMILES string of the molecule is Clc1cc(I)ccn1.Clc1cc(I)ccn1. The second-order valence-electron chi connectivity index (χ2n) is 2.59. The number of nitrogens with zero attached hydrogens (tertiary/aromatic N) is 2. The highest BCUT2D eigenvalue weighted by molar-refractivity contribution is 14.1. The van der Waals surface area contributed by atoms with Crippen LogP contribution in [0.15, 0.2) is 36.7 Å². The van der Waals surface area contributed by atoms with E-state index >= 15 is 0 Å². The molecule has 0 fully saturated rings. The van der Waals surface area contributed by atoms with E-state index in [1.807, 2.05) is 24.3 Å². The lowest BCUT2D eigenvalue weighted by atomic mass is 10.5. The molecule has 2 rings (SSSR count). The van der Waals surface area contributed by atoms with Crippen molar-refractivity contribution in [3.05, 3.63) is 54.1 Å². The Morgan fingerprint density at radius 2 is 1.19 bits per heavy atom. The van der Waals surface area contributed by atoms with Crippen LogP contribution >= 0.6 is 68.4 Å². The predicted octanol–water partition coefficient (Wildman–Crippen LogP) is 4.68. The van der Waals surface area contributed by atoms with E-state index in [0.717, 1.165) is 7.14 Å². The van der Waals surface area contributed by atoms with E-state index in [1.54, 1.807) is 12.4 Å². The molecule has 0 radical (unpaired) electrons. The second-order valence-corrected chi connectivity index (χ2v) is 5.86. The van der Waals surface area contributed by atoms with Crippen LogP contribution in [0.4, 0.5) is 0 Å². The minimum atomic E-state index is 0.553. The van der Waals surface area contributed by atoms with Crippen LogP contribution in [0.25, 0.3) is 0 Å². The highest BCUT2D eigenvalue weighted by Crippen LogP contribution is 2.08. The Bertz CT molecular complexity index is 388. The maximum absolute atomic E-state index is 5.53. The molecule has 0 N–H and O–H groups in total. The van der Waals surface area contributed by atoms with E-state index in [4.69, 9.17) is 23.2 Å². The fraction of sp³-hybridized carbons (Fsp3) is 0. The first-order valence-corrected chi connectivity index (χ1v) is 7.03. The van der Waals surface area contributed by atoms with E-state index in [1.165, 1.54) is 0 Å². The maximum atomic E-state index is 5.53. The van der Waals surface area contributed by atoms with Gasteiger partial charge in [0, 0.05) is 19.5 Å². The van der Waals surface area contributed by atoms with Crippen LogP contribution in [0.2, 0.25) is 10.3 Å². The second kappa shape index (κ2) is 7.62. The van der Waals surface area contributed by atoms with Gasteiger partial charge in [0.15, 0.2) is 0 Å². The lowest BCUT2D eigenvalue weighted by molar-refractivity contribution is 1.32. The number of aromatic nitrogens is 2. The number of hydrogen-bond donors (Lipinski definition) is 0. The van der Waals surface area contributed by atoms with E-state index in [2.05, 4.69) is 55.1 Å². The van der Waals surface area contributed by atoms with Crippen molar-refractivity contribution in [1.82, 2.24) is 9.97 Å². The summed E-state index contributed by atoms with van der Waals surface area (Å²) >= 11 is 15.4. The summed E-state index contributed by atoms with van der Waals surface area (Å²) in [6.07, 6.45) is 3.37. The summed E-state index contributed by atoms with van der Waals surface area (Å²) in [5, 5.41) is 1.11. The molecule has 0 aliphatic rings. The summed E-state index contributed by atoms with van der Waals surface area (Å²) in [6.45, 7) is 0. The zero-order valence-corrected chi connectivity index (χ0v) is 13.7. The van der Waals surface area contributed by atoms with Crippen LogP contribution in [0.5, 0.6) is 0 Å². The number of hydrogen-bond acceptors (Lipinski definition) is 2. The van der Waals surface area contributed by atoms with Crippen LogP contribution in [0.3, 0.4) is 0 Å². The first-order chi connectivity index (χ1) is 7.58. The summed E-state index contributed by atoms with van der Waals surface area (Å²) in [5.41, 5.74) is 0. The van der Waals surface area contributed by atoms with Gasteiger partial charge in [-0.2, -0.15) is 0 Å². The Morgan fingerprint density at radius 3 is 1.38 bits per heavy atom. The quantitative estimate of drug-likeness (QED) is 0.406. The van der Waals surface area contributed by atoms with Gasteiger partial charge < -0.3 is 0 Å². The number of rotatable bonds is 0. The zero-order valence-electron chi connectivity index (χ0n) is 7.87. The van der Waals surface area contributed by atoms with Crippen molar-refractivity contribution < 1.29 is 0 Å². The summed E-state index contributed by atoms with van der Waals surface area (Å²) in [5.74, 6) is 0. The van der Waals surface area contributed by atoms with E-state index in [0.29, 0.717) is 10.3 Å². The molecule has 0 unspecified atom stereocenters. The molecule has 0 spiro atoms. The molecule has 0 aromatic carbocycles. The summed E-state index contributed by atoms with van der Waals surface area (Å²) in [6, 6.07) is 7.41. The van der Waals surface area contributed by atoms with Gasteiger partial charge in [0.1, 0.15) is 10.3 Å². The molecule has 84 valence electrons. The largest absolute Gasteiger partial charge is 0.245 e. The first kappa shape index (κ1) is 14.4. The van der Waals surface area contributed by atoms with Gasteiger partial charge in [0.2, 0.25) is 0 Å². The van der Waals surface area contributed by atoms with Crippen molar-refractivity contribution in [1.29, 1.82) is 0 Å². The standard InChI is InChI=1S/2C5H3ClIN/c2*6-5-3-4(7)1-2-8-5/h2*1-3H. The van der Waals surface area contributed by atoms with Crippen LogP contribution in [0, 0.1) is 7.14 Å². The van der Waals surface area contributed by atoms with Crippen LogP contribution in [0.1, 0.15) is 0 Å². The van der Waals surface area contributed by atoms with Crippen LogP contribution in [-0.2, 0) is 0 Å². The molecule has 0 atom stereocenters. The maximum Gasteiger partial charge on any atom is 0.130 e. The molecule has 2 nitrogen and oxygen atoms in total. The van der Waals surface area contributed by atoms with Crippen molar-refractivity contribution in [3.63, 3.8) is 0 Å². The van der Waals surface area contributed by atoms with E-state index in [-0.39, 0.29) is 0 Å². The number of halogens is 4. The molecule has 2 aromatic heterocycles. The molecule has 16 heavy (non-hydrogen) atoms. The molecule has 0 aliphatic carbocycles. The lowest BCUT2D eigenvalue weighted by Crippen LogP contribution is -1.72. The highest BCUT2D eigenvalue weighted by Gasteiger charge is 1.86. The smallest absolute Gasteiger partial charge is 0.130 e. The normalized spacial score (nSPS) is 9.25. The Labute approximate surface area is 131 Å². The van der Waals surface area contributed by atoms with Gasteiger partial charge in [-0.15, -0.1) is 0 Å². The first-order valence-electron chi connectivity index (χ1n) is 4.12. The van der Waals surface area contributed by atoms with Gasteiger partial charge in [0.05, 0.1) is 0 Å². The minimum absolute atomic E-state index is 0.553. The third kappa shape index (κ3) is 6.17. The fourth-order valence-electron chi connectivity index (χ4n) is 0.758. The van der Waals surface area contributed by atoms with Gasteiger partial charge in [0.25, 0.3) is 0 Å². The van der Waals surface area contributed by atoms with Crippen molar-refractivity contribution in [2.24, 2.45) is 0 Å². The molecular weight excluding hydrogens is 473 g/mol. The summed E-state index contributed by atoms with van der Waals surface area (Å²) in [4.78, 5) is 7.60. The third-order valence-electron chi connectivity index (χ3n) is 1.38. The van der Waals surface area contributed by atoms with Gasteiger partial charge in [-0.25, -0.2) is 9.97 Å². The summed E-state index contributed by atoms with van der Waals surface area (Å²) in [7, 11) is 0. The van der Waals surface area contributed by atoms with Gasteiger partial charge in [-0.3, -0.25) is 0 Å². The van der Waals surface area contributed by atoms with Crippen molar-refractivity contribution >= 4 is 68.4 Å². The van der Waals surface area contributed by atoms with Gasteiger partial charge >= 0.3 is 0 Å². The van der Waals surface area contributed by atoms with E-state index < -0.39 is 0 Å². The highest BCUT2D eigenvalue weighted by atomic mass is 127. The minimum Gasteiger partial charge on any atom is -0.245 e.